The quantitative estimate of drug-likeness (QED) is 0.184. The minimum Gasteiger partial charge on any atom is -0.481 e. The molecule has 0 aromatic heterocycles. The molecule has 0 aromatic carbocycles. The fourth-order valence-corrected chi connectivity index (χ4v) is 14.4. The lowest BCUT2D eigenvalue weighted by atomic mass is 9.43. The van der Waals surface area contributed by atoms with Crippen molar-refractivity contribution in [1.82, 2.24) is 0 Å². The number of aliphatic carboxylic acids is 1. The maximum absolute atomic E-state index is 11.4. The van der Waals surface area contributed by atoms with Gasteiger partial charge < -0.3 is 29.2 Å². The van der Waals surface area contributed by atoms with Gasteiger partial charge in [-0.1, -0.05) is 34.6 Å². The van der Waals surface area contributed by atoms with Crippen molar-refractivity contribution in [3.05, 3.63) is 0 Å². The highest BCUT2D eigenvalue weighted by Gasteiger charge is 2.70. The van der Waals surface area contributed by atoms with Crippen LogP contribution in [0.1, 0.15) is 131 Å². The van der Waals surface area contributed by atoms with Crippen molar-refractivity contribution >= 4 is 5.97 Å². The summed E-state index contributed by atoms with van der Waals surface area (Å²) in [5.74, 6) is 3.05. The maximum Gasteiger partial charge on any atom is 0.303 e. The van der Waals surface area contributed by atoms with E-state index in [2.05, 4.69) is 34.6 Å². The Hall–Kier alpha value is -0.810. The molecule has 2 bridgehead atoms. The molecule has 5 saturated carbocycles. The third kappa shape index (κ3) is 5.68. The topological polar surface area (TPSA) is 113 Å². The number of ether oxygens (including phenoxy) is 4. The number of hydrogen-bond acceptors (Lipinski definition) is 8. The molecule has 0 radical (unpaired) electrons. The number of aliphatic hydroxyl groups excluding tert-OH is 1. The summed E-state index contributed by atoms with van der Waals surface area (Å²) >= 11 is 0. The Morgan fingerprint density at radius 2 is 1.54 bits per heavy atom. The highest BCUT2D eigenvalue weighted by atomic mass is 17.3. The zero-order valence-electron chi connectivity index (χ0n) is 31.6. The van der Waals surface area contributed by atoms with E-state index in [1.54, 1.807) is 0 Å². The predicted molar refractivity (Wildman–Crippen MR) is 185 cm³/mol. The van der Waals surface area contributed by atoms with Gasteiger partial charge in [0.25, 0.3) is 0 Å². The van der Waals surface area contributed by atoms with Crippen LogP contribution < -0.4 is 0 Å². The van der Waals surface area contributed by atoms with E-state index in [4.69, 9.17) is 28.7 Å². The summed E-state index contributed by atoms with van der Waals surface area (Å²) in [4.78, 5) is 23.7. The van der Waals surface area contributed by atoms with E-state index in [1.807, 2.05) is 6.92 Å². The predicted octanol–water partition coefficient (Wildman–Crippen LogP) is 7.73. The van der Waals surface area contributed by atoms with Crippen molar-refractivity contribution in [2.45, 2.75) is 168 Å². The van der Waals surface area contributed by atoms with Crippen molar-refractivity contribution in [3.8, 4) is 0 Å². The van der Waals surface area contributed by atoms with Gasteiger partial charge in [-0.2, -0.15) is 0 Å². The Labute approximate surface area is 300 Å². The fourth-order valence-electron chi connectivity index (χ4n) is 14.4. The molecule has 4 heterocycles. The van der Waals surface area contributed by atoms with Crippen LogP contribution in [0.25, 0.3) is 0 Å². The first-order valence-electron chi connectivity index (χ1n) is 20.6. The second-order valence-electron chi connectivity index (χ2n) is 19.3. The molecule has 9 nitrogen and oxygen atoms in total. The van der Waals surface area contributed by atoms with E-state index in [1.165, 1.54) is 32.1 Å². The van der Waals surface area contributed by atoms with Crippen molar-refractivity contribution < 1.29 is 43.7 Å². The molecule has 4 saturated heterocycles. The number of fused-ring (bicyclic) bond motifs is 7. The second kappa shape index (κ2) is 13.2. The summed E-state index contributed by atoms with van der Waals surface area (Å²) in [6.07, 6.45) is 12.8. The molecule has 9 unspecified atom stereocenters. The van der Waals surface area contributed by atoms with Gasteiger partial charge in [-0.25, -0.2) is 9.78 Å². The zero-order valence-corrected chi connectivity index (χ0v) is 31.6. The van der Waals surface area contributed by atoms with Crippen molar-refractivity contribution in [2.75, 3.05) is 13.2 Å². The summed E-state index contributed by atoms with van der Waals surface area (Å²) in [5, 5.41) is 20.3. The molecular formula is C41H66O9. The molecule has 50 heavy (non-hydrogen) atoms. The zero-order chi connectivity index (χ0) is 35.2. The van der Waals surface area contributed by atoms with Crippen molar-refractivity contribution in [2.24, 2.45) is 70.0 Å². The number of carboxylic acid groups (broad SMARTS) is 1. The maximum atomic E-state index is 11.4. The molecule has 5 aliphatic carbocycles. The summed E-state index contributed by atoms with van der Waals surface area (Å²) < 4.78 is 26.7. The second-order valence-corrected chi connectivity index (χ2v) is 19.3. The Morgan fingerprint density at radius 1 is 0.820 bits per heavy atom. The minimum atomic E-state index is -0.799. The number of hydrogen-bond donors (Lipinski definition) is 2. The van der Waals surface area contributed by atoms with Gasteiger partial charge in [0.05, 0.1) is 25.4 Å². The van der Waals surface area contributed by atoms with Gasteiger partial charge in [0.15, 0.2) is 18.2 Å². The van der Waals surface area contributed by atoms with Gasteiger partial charge in [-0.05, 0) is 142 Å². The lowest BCUT2D eigenvalue weighted by Gasteiger charge is -2.63. The van der Waals surface area contributed by atoms with E-state index >= 15 is 0 Å². The molecule has 9 rings (SSSR count). The van der Waals surface area contributed by atoms with Crippen LogP contribution in [0.4, 0.5) is 0 Å². The average molecular weight is 703 g/mol. The van der Waals surface area contributed by atoms with Gasteiger partial charge in [0.1, 0.15) is 0 Å². The Balaban J connectivity index is 0.947. The molecule has 2 N–H and O–H groups in total. The van der Waals surface area contributed by atoms with Crippen molar-refractivity contribution in [3.63, 3.8) is 0 Å². The molecule has 0 amide bonds. The van der Waals surface area contributed by atoms with E-state index < -0.39 is 29.9 Å². The highest BCUT2D eigenvalue weighted by Crippen LogP contribution is 2.69. The minimum absolute atomic E-state index is 0.102. The molecular weight excluding hydrogens is 636 g/mol. The number of carbonyl (C=O) groups is 1. The SMILES string of the molecule is C[C@H]1C(OCCO[C@H]2CC3C(CC[C@@]4(C)C3CC[C@@H]4[C@H](C)CCC(=O)O)[C@@]3(C)CC[C@@H](O)CC23)OC2OC3(C)CCC4[C@H](C)CCC1[C@@]24OO3. The van der Waals surface area contributed by atoms with Gasteiger partial charge in [-0.15, -0.1) is 0 Å². The fraction of sp³-hybridized carbons (Fsp3) is 0.976. The summed E-state index contributed by atoms with van der Waals surface area (Å²) in [6, 6.07) is 0. The van der Waals surface area contributed by atoms with Gasteiger partial charge >= 0.3 is 5.97 Å². The van der Waals surface area contributed by atoms with Crippen molar-refractivity contribution in [1.29, 1.82) is 0 Å². The molecule has 18 atom stereocenters. The molecule has 9 fully saturated rings. The van der Waals surface area contributed by atoms with Crippen LogP contribution in [-0.4, -0.2) is 65.6 Å². The third-order valence-electron chi connectivity index (χ3n) is 17.0. The highest BCUT2D eigenvalue weighted by molar-refractivity contribution is 5.66. The Morgan fingerprint density at radius 3 is 2.34 bits per heavy atom. The van der Waals surface area contributed by atoms with E-state index in [-0.39, 0.29) is 41.3 Å². The number of aliphatic hydroxyl groups is 1. The van der Waals surface area contributed by atoms with Crippen LogP contribution in [0.3, 0.4) is 0 Å². The normalized spacial score (nSPS) is 54.5. The van der Waals surface area contributed by atoms with Crippen LogP contribution in [0.5, 0.6) is 0 Å². The number of rotatable bonds is 9. The molecule has 1 spiro atoms. The monoisotopic (exact) mass is 702 g/mol. The average Bonchev–Trinajstić information content (AvgIpc) is 3.28. The summed E-state index contributed by atoms with van der Waals surface area (Å²) in [6.45, 7) is 14.9. The van der Waals surface area contributed by atoms with Crippen LogP contribution in [0, 0.1) is 70.0 Å². The molecule has 284 valence electrons. The van der Waals surface area contributed by atoms with Gasteiger partial charge in [0.2, 0.25) is 5.79 Å². The van der Waals surface area contributed by atoms with E-state index in [9.17, 15) is 15.0 Å². The summed E-state index contributed by atoms with van der Waals surface area (Å²) in [5.41, 5.74) is -0.159. The molecule has 4 aliphatic heterocycles. The van der Waals surface area contributed by atoms with Crippen LogP contribution in [0.15, 0.2) is 0 Å². The largest absolute Gasteiger partial charge is 0.481 e. The van der Waals surface area contributed by atoms with Gasteiger partial charge in [-0.3, -0.25) is 4.79 Å². The Bertz CT molecular complexity index is 1260. The lowest BCUT2D eigenvalue weighted by Crippen LogP contribution is -2.70. The van der Waals surface area contributed by atoms with E-state index in [0.717, 1.165) is 51.4 Å². The van der Waals surface area contributed by atoms with Crippen LogP contribution in [-0.2, 0) is 33.5 Å². The van der Waals surface area contributed by atoms with Gasteiger partial charge in [0, 0.05) is 24.7 Å². The lowest BCUT2D eigenvalue weighted by molar-refractivity contribution is -0.577. The third-order valence-corrected chi connectivity index (χ3v) is 17.0. The first kappa shape index (κ1) is 36.2. The van der Waals surface area contributed by atoms with E-state index in [0.29, 0.717) is 60.6 Å². The molecule has 9 heteroatoms. The standard InChI is InChI=1S/C41H66O9/c1-23(8-12-35(43)44)28-10-11-31-27-22-34(33-21-26(42)13-16-39(33,5)32(27)14-17-38(28,31)4)45-19-20-46-36-25(3)30-9-7-24(2)29-15-18-40(6)48-37(47-36)41(29,30)50-49-40/h23-34,36-37,42H,7-22H2,1-6H3,(H,43,44)/t23-,24-,25-,26-,27?,28-,29?,30?,31?,32?,33?,34+,36?,37?,38-,39-,40?,41-/m1/s1. The number of carboxylic acids is 1. The van der Waals surface area contributed by atoms with Crippen LogP contribution in [0.2, 0.25) is 0 Å². The summed E-state index contributed by atoms with van der Waals surface area (Å²) in [7, 11) is 0. The molecule has 0 aromatic rings. The Kier molecular flexibility index (Phi) is 9.55. The van der Waals surface area contributed by atoms with Crippen LogP contribution >= 0.6 is 0 Å². The molecule has 9 aliphatic rings. The first-order valence-corrected chi connectivity index (χ1v) is 20.6. The first-order chi connectivity index (χ1) is 23.8. The smallest absolute Gasteiger partial charge is 0.303 e.